The van der Waals surface area contributed by atoms with Crippen LogP contribution >= 0.6 is 23.2 Å². The van der Waals surface area contributed by atoms with Crippen LogP contribution in [0.3, 0.4) is 0 Å². The fourth-order valence-electron chi connectivity index (χ4n) is 2.46. The van der Waals surface area contributed by atoms with Crippen molar-refractivity contribution in [1.29, 1.82) is 0 Å². The number of halogens is 2. The molecule has 0 bridgehead atoms. The van der Waals surface area contributed by atoms with Gasteiger partial charge in [0.2, 0.25) is 5.91 Å². The number of carbonyl (C=O) groups excluding carboxylic acids is 1. The van der Waals surface area contributed by atoms with E-state index in [0.717, 1.165) is 38.0 Å². The molecule has 1 aromatic carbocycles. The molecular weight excluding hydrogens is 295 g/mol. The summed E-state index contributed by atoms with van der Waals surface area (Å²) in [5, 5.41) is 4.49. The van der Waals surface area contributed by atoms with Crippen molar-refractivity contribution < 1.29 is 4.79 Å². The normalized spacial score (nSPS) is 19.1. The molecule has 110 valence electrons. The third-order valence-corrected chi connectivity index (χ3v) is 4.30. The molecule has 1 amide bonds. The lowest BCUT2D eigenvalue weighted by molar-refractivity contribution is -0.132. The van der Waals surface area contributed by atoms with Crippen LogP contribution in [0.1, 0.15) is 25.3 Å². The Labute approximate surface area is 130 Å². The van der Waals surface area contributed by atoms with Crippen molar-refractivity contribution in [2.75, 3.05) is 19.6 Å². The molecule has 1 atom stereocenters. The molecule has 3 nitrogen and oxygen atoms in total. The fourth-order valence-corrected chi connectivity index (χ4v) is 2.78. The van der Waals surface area contributed by atoms with Crippen molar-refractivity contribution in [2.45, 2.75) is 32.2 Å². The zero-order valence-electron chi connectivity index (χ0n) is 11.7. The quantitative estimate of drug-likeness (QED) is 0.926. The summed E-state index contributed by atoms with van der Waals surface area (Å²) in [7, 11) is 0. The first kappa shape index (κ1) is 15.6. The molecular formula is C15H20Cl2N2O. The summed E-state index contributed by atoms with van der Waals surface area (Å²) in [6.45, 7) is 4.62. The second-order valence-electron chi connectivity index (χ2n) is 5.30. The number of amides is 1. The van der Waals surface area contributed by atoms with Crippen molar-refractivity contribution >= 4 is 29.1 Å². The van der Waals surface area contributed by atoms with E-state index in [-0.39, 0.29) is 5.91 Å². The highest BCUT2D eigenvalue weighted by molar-refractivity contribution is 6.42. The van der Waals surface area contributed by atoms with Crippen LogP contribution in [0.2, 0.25) is 10.0 Å². The third kappa shape index (κ3) is 4.37. The maximum absolute atomic E-state index is 12.1. The van der Waals surface area contributed by atoms with Gasteiger partial charge in [0.1, 0.15) is 0 Å². The van der Waals surface area contributed by atoms with Gasteiger partial charge < -0.3 is 10.2 Å². The van der Waals surface area contributed by atoms with E-state index in [0.29, 0.717) is 22.5 Å². The van der Waals surface area contributed by atoms with Gasteiger partial charge in [-0.25, -0.2) is 0 Å². The Kier molecular flexibility index (Phi) is 5.70. The fraction of sp³-hybridized carbons (Fsp3) is 0.533. The first-order chi connectivity index (χ1) is 9.56. The van der Waals surface area contributed by atoms with Gasteiger partial charge in [0.15, 0.2) is 0 Å². The maximum Gasteiger partial charge on any atom is 0.222 e. The van der Waals surface area contributed by atoms with E-state index in [9.17, 15) is 4.79 Å². The number of nitrogens with one attached hydrogen (secondary N) is 1. The molecule has 1 aliphatic heterocycles. The third-order valence-electron chi connectivity index (χ3n) is 3.56. The molecule has 0 spiro atoms. The van der Waals surface area contributed by atoms with Crippen LogP contribution in [0.25, 0.3) is 0 Å². The van der Waals surface area contributed by atoms with Crippen LogP contribution < -0.4 is 5.32 Å². The summed E-state index contributed by atoms with van der Waals surface area (Å²) < 4.78 is 0. The Morgan fingerprint density at radius 2 is 2.20 bits per heavy atom. The molecule has 20 heavy (non-hydrogen) atoms. The predicted octanol–water partition coefficient (Wildman–Crippen LogP) is 3.14. The van der Waals surface area contributed by atoms with Crippen molar-refractivity contribution in [2.24, 2.45) is 0 Å². The maximum atomic E-state index is 12.1. The summed E-state index contributed by atoms with van der Waals surface area (Å²) in [5.41, 5.74) is 1.13. The van der Waals surface area contributed by atoms with E-state index in [1.54, 1.807) is 6.07 Å². The molecule has 1 N–H and O–H groups in total. The van der Waals surface area contributed by atoms with Gasteiger partial charge in [-0.2, -0.15) is 0 Å². The number of piperazine rings is 1. The Morgan fingerprint density at radius 3 is 2.90 bits per heavy atom. The standard InChI is InChI=1S/C15H20Cl2N2O/c1-11-10-19(8-7-18-11)15(20)4-2-3-12-5-6-13(16)14(17)9-12/h5-6,9,11,18H,2-4,7-8,10H2,1H3. The monoisotopic (exact) mass is 314 g/mol. The number of rotatable bonds is 4. The van der Waals surface area contributed by atoms with Crippen LogP contribution in [0.4, 0.5) is 0 Å². The number of hydrogen-bond donors (Lipinski definition) is 1. The highest BCUT2D eigenvalue weighted by Crippen LogP contribution is 2.23. The van der Waals surface area contributed by atoms with Crippen molar-refractivity contribution in [3.8, 4) is 0 Å². The topological polar surface area (TPSA) is 32.3 Å². The lowest BCUT2D eigenvalue weighted by Gasteiger charge is -2.32. The Morgan fingerprint density at radius 1 is 1.40 bits per heavy atom. The highest BCUT2D eigenvalue weighted by atomic mass is 35.5. The van der Waals surface area contributed by atoms with E-state index in [1.165, 1.54) is 0 Å². The molecule has 1 heterocycles. The summed E-state index contributed by atoms with van der Waals surface area (Å²) in [5.74, 6) is 0.249. The highest BCUT2D eigenvalue weighted by Gasteiger charge is 2.19. The smallest absolute Gasteiger partial charge is 0.222 e. The molecule has 0 aromatic heterocycles. The van der Waals surface area contributed by atoms with Gasteiger partial charge in [0.25, 0.3) is 0 Å². The van der Waals surface area contributed by atoms with Gasteiger partial charge in [-0.15, -0.1) is 0 Å². The first-order valence-corrected chi connectivity index (χ1v) is 7.77. The Bertz CT molecular complexity index is 479. The van der Waals surface area contributed by atoms with Crippen molar-refractivity contribution in [3.05, 3.63) is 33.8 Å². The van der Waals surface area contributed by atoms with E-state index in [1.807, 2.05) is 17.0 Å². The van der Waals surface area contributed by atoms with E-state index in [4.69, 9.17) is 23.2 Å². The van der Waals surface area contributed by atoms with E-state index >= 15 is 0 Å². The Balaban J connectivity index is 1.77. The summed E-state index contributed by atoms with van der Waals surface area (Å²) in [4.78, 5) is 14.1. The zero-order valence-corrected chi connectivity index (χ0v) is 13.2. The van der Waals surface area contributed by atoms with Gasteiger partial charge in [-0.3, -0.25) is 4.79 Å². The minimum atomic E-state index is 0.249. The number of hydrogen-bond acceptors (Lipinski definition) is 2. The molecule has 1 aliphatic rings. The molecule has 2 rings (SSSR count). The van der Waals surface area contributed by atoms with Crippen LogP contribution in [0, 0.1) is 0 Å². The minimum absolute atomic E-state index is 0.249. The largest absolute Gasteiger partial charge is 0.340 e. The van der Waals surface area contributed by atoms with Gasteiger partial charge in [-0.05, 0) is 37.5 Å². The van der Waals surface area contributed by atoms with Crippen LogP contribution in [0.15, 0.2) is 18.2 Å². The van der Waals surface area contributed by atoms with Gasteiger partial charge >= 0.3 is 0 Å². The van der Waals surface area contributed by atoms with Crippen LogP contribution in [0.5, 0.6) is 0 Å². The van der Waals surface area contributed by atoms with Gasteiger partial charge in [0, 0.05) is 32.1 Å². The number of nitrogens with zero attached hydrogens (tertiary/aromatic N) is 1. The average Bonchev–Trinajstić information content (AvgIpc) is 2.42. The Hall–Kier alpha value is -0.770. The molecule has 0 saturated carbocycles. The second-order valence-corrected chi connectivity index (χ2v) is 6.11. The van der Waals surface area contributed by atoms with E-state index in [2.05, 4.69) is 12.2 Å². The first-order valence-electron chi connectivity index (χ1n) is 7.01. The summed E-state index contributed by atoms with van der Waals surface area (Å²) >= 11 is 11.9. The molecule has 1 unspecified atom stereocenters. The average molecular weight is 315 g/mol. The molecule has 1 saturated heterocycles. The number of carbonyl (C=O) groups is 1. The van der Waals surface area contributed by atoms with Gasteiger partial charge in [0.05, 0.1) is 10.0 Å². The lowest BCUT2D eigenvalue weighted by Crippen LogP contribution is -2.51. The SMILES string of the molecule is CC1CN(C(=O)CCCc2ccc(Cl)c(Cl)c2)CCN1. The molecule has 1 aromatic rings. The number of benzene rings is 1. The molecule has 0 radical (unpaired) electrons. The second kappa shape index (κ2) is 7.30. The van der Waals surface area contributed by atoms with Gasteiger partial charge in [-0.1, -0.05) is 29.3 Å². The summed E-state index contributed by atoms with van der Waals surface area (Å²) in [6, 6.07) is 6.04. The van der Waals surface area contributed by atoms with Crippen molar-refractivity contribution in [1.82, 2.24) is 10.2 Å². The van der Waals surface area contributed by atoms with Crippen LogP contribution in [-0.4, -0.2) is 36.5 Å². The lowest BCUT2D eigenvalue weighted by atomic mass is 10.1. The van der Waals surface area contributed by atoms with Crippen molar-refractivity contribution in [3.63, 3.8) is 0 Å². The molecule has 0 aliphatic carbocycles. The molecule has 1 fully saturated rings. The molecule has 5 heteroatoms. The minimum Gasteiger partial charge on any atom is -0.340 e. The summed E-state index contributed by atoms with van der Waals surface area (Å²) in [6.07, 6.45) is 2.28. The zero-order chi connectivity index (χ0) is 14.5. The number of aryl methyl sites for hydroxylation is 1. The predicted molar refractivity (Wildman–Crippen MR) is 83.4 cm³/mol. The van der Waals surface area contributed by atoms with Crippen LogP contribution in [-0.2, 0) is 11.2 Å². The van der Waals surface area contributed by atoms with E-state index < -0.39 is 0 Å².